The van der Waals surface area contributed by atoms with Crippen molar-refractivity contribution in [3.05, 3.63) is 34.7 Å². The van der Waals surface area contributed by atoms with Crippen LogP contribution >= 0.6 is 11.6 Å². The fourth-order valence-corrected chi connectivity index (χ4v) is 1.96. The van der Waals surface area contributed by atoms with E-state index in [-0.39, 0.29) is 10.6 Å². The summed E-state index contributed by atoms with van der Waals surface area (Å²) in [6.45, 7) is 1.98. The van der Waals surface area contributed by atoms with Crippen LogP contribution < -0.4 is 5.32 Å². The van der Waals surface area contributed by atoms with Gasteiger partial charge in [-0.25, -0.2) is 9.78 Å². The molecule has 2 heterocycles. The molecule has 7 heteroatoms. The number of rotatable bonds is 4. The highest BCUT2D eigenvalue weighted by atomic mass is 35.5. The summed E-state index contributed by atoms with van der Waals surface area (Å²) in [7, 11) is 1.81. The average molecular weight is 281 g/mol. The first-order chi connectivity index (χ1) is 9.02. The highest BCUT2D eigenvalue weighted by molar-refractivity contribution is 6.35. The minimum absolute atomic E-state index is 0.0149. The van der Waals surface area contributed by atoms with Gasteiger partial charge in [-0.3, -0.25) is 4.68 Å². The summed E-state index contributed by atoms with van der Waals surface area (Å²) in [4.78, 5) is 15.1. The second-order valence-electron chi connectivity index (χ2n) is 3.97. The number of carbonyl (C=O) groups is 1. The molecule has 0 saturated carbocycles. The van der Waals surface area contributed by atoms with Crippen molar-refractivity contribution in [3.63, 3.8) is 0 Å². The van der Waals surface area contributed by atoms with E-state index in [2.05, 4.69) is 15.4 Å². The summed E-state index contributed by atoms with van der Waals surface area (Å²) in [6.07, 6.45) is 3.95. The van der Waals surface area contributed by atoms with Crippen molar-refractivity contribution in [2.24, 2.45) is 7.05 Å². The lowest BCUT2D eigenvalue weighted by molar-refractivity contribution is 0.0697. The van der Waals surface area contributed by atoms with Crippen molar-refractivity contribution < 1.29 is 9.90 Å². The SMILES string of the molecule is CCc1nn(C)cc1Nc1nccc(C(=O)O)c1Cl. The van der Waals surface area contributed by atoms with Crippen LogP contribution in [0.5, 0.6) is 0 Å². The van der Waals surface area contributed by atoms with E-state index in [1.165, 1.54) is 12.3 Å². The molecule has 0 saturated heterocycles. The maximum Gasteiger partial charge on any atom is 0.337 e. The van der Waals surface area contributed by atoms with Gasteiger partial charge in [0.05, 0.1) is 22.0 Å². The molecule has 2 aromatic heterocycles. The molecule has 0 spiro atoms. The van der Waals surface area contributed by atoms with E-state index in [0.717, 1.165) is 17.8 Å². The quantitative estimate of drug-likeness (QED) is 0.899. The molecule has 2 rings (SSSR count). The van der Waals surface area contributed by atoms with E-state index < -0.39 is 5.97 Å². The minimum atomic E-state index is -1.09. The number of nitrogens with zero attached hydrogens (tertiary/aromatic N) is 3. The number of pyridine rings is 1. The Morgan fingerprint density at radius 1 is 1.58 bits per heavy atom. The predicted octanol–water partition coefficient (Wildman–Crippen LogP) is 2.47. The Balaban J connectivity index is 2.38. The summed E-state index contributed by atoms with van der Waals surface area (Å²) in [5, 5.41) is 16.4. The Bertz CT molecular complexity index is 624. The first-order valence-corrected chi connectivity index (χ1v) is 6.08. The molecule has 6 nitrogen and oxygen atoms in total. The molecule has 19 heavy (non-hydrogen) atoms. The molecule has 100 valence electrons. The average Bonchev–Trinajstić information content (AvgIpc) is 2.71. The molecular formula is C12H13ClN4O2. The summed E-state index contributed by atoms with van der Waals surface area (Å²) < 4.78 is 1.68. The van der Waals surface area contributed by atoms with Crippen molar-refractivity contribution in [1.82, 2.24) is 14.8 Å². The standard InChI is InChI=1S/C12H13ClN4O2/c1-3-8-9(6-17(2)16-8)15-11-10(13)7(12(18)19)4-5-14-11/h4-6H,3H2,1-2H3,(H,14,15)(H,18,19). The lowest BCUT2D eigenvalue weighted by Gasteiger charge is -2.08. The molecule has 0 radical (unpaired) electrons. The van der Waals surface area contributed by atoms with E-state index in [4.69, 9.17) is 16.7 Å². The molecule has 0 atom stereocenters. The first-order valence-electron chi connectivity index (χ1n) is 5.70. The minimum Gasteiger partial charge on any atom is -0.478 e. The summed E-state index contributed by atoms with van der Waals surface area (Å²) in [5.41, 5.74) is 1.64. The Morgan fingerprint density at radius 3 is 2.95 bits per heavy atom. The maximum absolute atomic E-state index is 11.0. The van der Waals surface area contributed by atoms with E-state index >= 15 is 0 Å². The molecule has 2 aromatic rings. The van der Waals surface area contributed by atoms with Crippen LogP contribution in [-0.4, -0.2) is 25.8 Å². The summed E-state index contributed by atoms with van der Waals surface area (Å²) >= 11 is 6.02. The van der Waals surface area contributed by atoms with E-state index in [1.54, 1.807) is 10.9 Å². The Morgan fingerprint density at radius 2 is 2.32 bits per heavy atom. The zero-order chi connectivity index (χ0) is 14.0. The van der Waals surface area contributed by atoms with E-state index in [1.807, 2.05) is 14.0 Å². The number of aromatic nitrogens is 3. The van der Waals surface area contributed by atoms with E-state index in [0.29, 0.717) is 5.82 Å². The van der Waals surface area contributed by atoms with Gasteiger partial charge in [0.1, 0.15) is 5.82 Å². The topological polar surface area (TPSA) is 80.0 Å². The number of hydrogen-bond donors (Lipinski definition) is 2. The van der Waals surface area contributed by atoms with Crippen LogP contribution in [0.15, 0.2) is 18.5 Å². The third-order valence-corrected chi connectivity index (χ3v) is 3.00. The molecule has 0 aromatic carbocycles. The largest absolute Gasteiger partial charge is 0.478 e. The lowest BCUT2D eigenvalue weighted by Crippen LogP contribution is -2.02. The summed E-state index contributed by atoms with van der Waals surface area (Å²) in [6, 6.07) is 1.36. The molecule has 0 aliphatic heterocycles. The fourth-order valence-electron chi connectivity index (χ4n) is 1.72. The summed E-state index contributed by atoms with van der Waals surface area (Å²) in [5.74, 6) is -0.776. The van der Waals surface area contributed by atoms with Gasteiger partial charge >= 0.3 is 5.97 Å². The molecule has 0 bridgehead atoms. The Labute approximate surface area is 115 Å². The van der Waals surface area contributed by atoms with Gasteiger partial charge in [-0.1, -0.05) is 18.5 Å². The van der Waals surface area contributed by atoms with Crippen LogP contribution in [-0.2, 0) is 13.5 Å². The van der Waals surface area contributed by atoms with Crippen LogP contribution in [0, 0.1) is 0 Å². The number of aromatic carboxylic acids is 1. The van der Waals surface area contributed by atoms with Crippen LogP contribution in [0.2, 0.25) is 5.02 Å². The van der Waals surface area contributed by atoms with Gasteiger partial charge < -0.3 is 10.4 Å². The van der Waals surface area contributed by atoms with Gasteiger partial charge in [0, 0.05) is 19.4 Å². The van der Waals surface area contributed by atoms with Crippen molar-refractivity contribution in [2.45, 2.75) is 13.3 Å². The van der Waals surface area contributed by atoms with Crippen LogP contribution in [0.4, 0.5) is 11.5 Å². The Hall–Kier alpha value is -2.08. The third kappa shape index (κ3) is 2.68. The zero-order valence-electron chi connectivity index (χ0n) is 10.5. The second kappa shape index (κ2) is 5.27. The molecule has 2 N–H and O–H groups in total. The highest BCUT2D eigenvalue weighted by Crippen LogP contribution is 2.27. The van der Waals surface area contributed by atoms with Crippen molar-refractivity contribution in [1.29, 1.82) is 0 Å². The van der Waals surface area contributed by atoms with Gasteiger partial charge in [0.15, 0.2) is 0 Å². The highest BCUT2D eigenvalue weighted by Gasteiger charge is 2.15. The van der Waals surface area contributed by atoms with Gasteiger partial charge in [0.2, 0.25) is 0 Å². The number of carboxylic acid groups (broad SMARTS) is 1. The smallest absolute Gasteiger partial charge is 0.337 e. The first kappa shape index (κ1) is 13.4. The monoisotopic (exact) mass is 280 g/mol. The van der Waals surface area contributed by atoms with Crippen molar-refractivity contribution in [3.8, 4) is 0 Å². The molecule has 0 amide bonds. The third-order valence-electron chi connectivity index (χ3n) is 2.61. The van der Waals surface area contributed by atoms with Crippen molar-refractivity contribution >= 4 is 29.1 Å². The lowest BCUT2D eigenvalue weighted by atomic mass is 10.2. The number of carboxylic acids is 1. The van der Waals surface area contributed by atoms with Gasteiger partial charge in [-0.15, -0.1) is 0 Å². The van der Waals surface area contributed by atoms with Gasteiger partial charge in [0.25, 0.3) is 0 Å². The number of anilines is 2. The van der Waals surface area contributed by atoms with Crippen LogP contribution in [0.25, 0.3) is 0 Å². The number of nitrogens with one attached hydrogen (secondary N) is 1. The van der Waals surface area contributed by atoms with Crippen molar-refractivity contribution in [2.75, 3.05) is 5.32 Å². The molecule has 0 aliphatic rings. The molecule has 0 aliphatic carbocycles. The van der Waals surface area contributed by atoms with Crippen LogP contribution in [0.3, 0.4) is 0 Å². The molecule has 0 unspecified atom stereocenters. The predicted molar refractivity (Wildman–Crippen MR) is 72.1 cm³/mol. The zero-order valence-corrected chi connectivity index (χ0v) is 11.3. The Kier molecular flexibility index (Phi) is 3.71. The normalized spacial score (nSPS) is 10.5. The van der Waals surface area contributed by atoms with Crippen LogP contribution in [0.1, 0.15) is 23.0 Å². The molecular weight excluding hydrogens is 268 g/mol. The van der Waals surface area contributed by atoms with Gasteiger partial charge in [-0.05, 0) is 12.5 Å². The van der Waals surface area contributed by atoms with E-state index in [9.17, 15) is 4.79 Å². The second-order valence-corrected chi connectivity index (χ2v) is 4.35. The fraction of sp³-hybridized carbons (Fsp3) is 0.250. The number of halogens is 1. The molecule has 0 fully saturated rings. The number of hydrogen-bond acceptors (Lipinski definition) is 4. The maximum atomic E-state index is 11.0. The number of aryl methyl sites for hydroxylation is 2. The van der Waals surface area contributed by atoms with Gasteiger partial charge in [-0.2, -0.15) is 5.10 Å².